The Morgan fingerprint density at radius 2 is 1.91 bits per heavy atom. The summed E-state index contributed by atoms with van der Waals surface area (Å²) < 4.78 is 13.6. The molecule has 3 fully saturated rings. The Labute approximate surface area is 186 Å². The lowest BCUT2D eigenvalue weighted by atomic mass is 10.2. The fourth-order valence-electron chi connectivity index (χ4n) is 4.78. The molecule has 2 aliphatic heterocycles. The summed E-state index contributed by atoms with van der Waals surface area (Å²) in [5, 5.41) is 15.4. The molecule has 2 saturated heterocycles. The van der Waals surface area contributed by atoms with E-state index in [0.29, 0.717) is 29.7 Å². The molecule has 0 amide bonds. The van der Waals surface area contributed by atoms with Crippen LogP contribution in [0.15, 0.2) is 30.5 Å². The molecule has 3 N–H and O–H groups in total. The minimum absolute atomic E-state index is 0.149. The molecular formula is C23H28N6O3. The highest BCUT2D eigenvalue weighted by Crippen LogP contribution is 2.41. The molecule has 168 valence electrons. The van der Waals surface area contributed by atoms with E-state index in [9.17, 15) is 5.11 Å². The summed E-state index contributed by atoms with van der Waals surface area (Å²) in [4.78, 5) is 12.5. The van der Waals surface area contributed by atoms with Gasteiger partial charge in [0.1, 0.15) is 24.3 Å². The predicted molar refractivity (Wildman–Crippen MR) is 120 cm³/mol. The normalized spacial score (nSPS) is 23.6. The van der Waals surface area contributed by atoms with E-state index in [1.165, 1.54) is 0 Å². The number of anilines is 1. The van der Waals surface area contributed by atoms with Crippen molar-refractivity contribution in [2.24, 2.45) is 5.73 Å². The molecule has 1 aliphatic carbocycles. The van der Waals surface area contributed by atoms with Crippen LogP contribution in [0.3, 0.4) is 0 Å². The van der Waals surface area contributed by atoms with Gasteiger partial charge < -0.3 is 25.2 Å². The topological polar surface area (TPSA) is 112 Å². The quantitative estimate of drug-likeness (QED) is 0.578. The van der Waals surface area contributed by atoms with E-state index in [1.54, 1.807) is 0 Å². The summed E-state index contributed by atoms with van der Waals surface area (Å²) in [6, 6.07) is 8.80. The molecule has 1 aromatic carbocycles. The first-order valence-corrected chi connectivity index (χ1v) is 11.4. The van der Waals surface area contributed by atoms with Crippen LogP contribution < -0.4 is 15.4 Å². The van der Waals surface area contributed by atoms with E-state index in [2.05, 4.69) is 14.7 Å². The molecule has 6 rings (SSSR count). The van der Waals surface area contributed by atoms with Crippen LogP contribution in [-0.4, -0.2) is 69.4 Å². The Hall–Kier alpha value is -2.75. The third-order valence-electron chi connectivity index (χ3n) is 6.62. The zero-order valence-corrected chi connectivity index (χ0v) is 17.9. The average Bonchev–Trinajstić information content (AvgIpc) is 3.53. The van der Waals surface area contributed by atoms with Crippen LogP contribution in [0.25, 0.3) is 22.4 Å². The maximum absolute atomic E-state index is 9.72. The van der Waals surface area contributed by atoms with Gasteiger partial charge in [-0.25, -0.2) is 14.6 Å². The molecule has 2 bridgehead atoms. The molecule has 3 aliphatic rings. The van der Waals surface area contributed by atoms with Crippen LogP contribution >= 0.6 is 0 Å². The van der Waals surface area contributed by atoms with Gasteiger partial charge in [-0.1, -0.05) is 12.1 Å². The first-order chi connectivity index (χ1) is 15.7. The second-order valence-electron chi connectivity index (χ2n) is 8.99. The van der Waals surface area contributed by atoms with E-state index in [4.69, 9.17) is 25.2 Å². The number of morpholine rings is 1. The van der Waals surface area contributed by atoms with Crippen molar-refractivity contribution in [1.29, 1.82) is 0 Å². The summed E-state index contributed by atoms with van der Waals surface area (Å²) in [7, 11) is 0. The number of hydrogen-bond acceptors (Lipinski definition) is 8. The van der Waals surface area contributed by atoms with Crippen LogP contribution in [0.1, 0.15) is 31.7 Å². The minimum Gasteiger partial charge on any atom is -0.491 e. The van der Waals surface area contributed by atoms with Crippen molar-refractivity contribution in [1.82, 2.24) is 19.7 Å². The fourth-order valence-corrected chi connectivity index (χ4v) is 4.78. The SMILES string of the molecule is NCC(O)COc1cccc(-c2nc(N3C4CCC3COC4)c3cnn(C4CC4)c3n2)c1. The predicted octanol–water partition coefficient (Wildman–Crippen LogP) is 1.89. The van der Waals surface area contributed by atoms with Gasteiger partial charge in [-0.15, -0.1) is 0 Å². The molecule has 3 aromatic rings. The number of hydrogen-bond donors (Lipinski definition) is 2. The Morgan fingerprint density at radius 1 is 1.12 bits per heavy atom. The fraction of sp³-hybridized carbons (Fsp3) is 0.522. The number of aliphatic hydroxyl groups is 1. The number of rotatable bonds is 7. The van der Waals surface area contributed by atoms with E-state index >= 15 is 0 Å². The number of nitrogens with two attached hydrogens (primary N) is 1. The van der Waals surface area contributed by atoms with Gasteiger partial charge in [0.15, 0.2) is 11.5 Å². The molecule has 32 heavy (non-hydrogen) atoms. The molecule has 0 radical (unpaired) electrons. The van der Waals surface area contributed by atoms with Gasteiger partial charge in [-0.2, -0.15) is 5.10 Å². The van der Waals surface area contributed by atoms with Crippen molar-refractivity contribution in [3.05, 3.63) is 30.5 Å². The van der Waals surface area contributed by atoms with Crippen LogP contribution in [0.2, 0.25) is 0 Å². The smallest absolute Gasteiger partial charge is 0.164 e. The maximum atomic E-state index is 9.72. The van der Waals surface area contributed by atoms with Crippen molar-refractivity contribution in [3.63, 3.8) is 0 Å². The summed E-state index contributed by atoms with van der Waals surface area (Å²) in [6.07, 6.45) is 5.75. The molecule has 9 heteroatoms. The first kappa shape index (κ1) is 19.9. The highest BCUT2D eigenvalue weighted by molar-refractivity contribution is 5.89. The molecule has 9 nitrogen and oxygen atoms in total. The molecule has 0 spiro atoms. The van der Waals surface area contributed by atoms with Gasteiger partial charge in [-0.05, 0) is 37.8 Å². The minimum atomic E-state index is -0.692. The lowest BCUT2D eigenvalue weighted by Gasteiger charge is -2.36. The zero-order valence-electron chi connectivity index (χ0n) is 17.9. The van der Waals surface area contributed by atoms with E-state index in [0.717, 1.165) is 61.3 Å². The molecule has 3 atom stereocenters. The summed E-state index contributed by atoms with van der Waals surface area (Å²) in [6.45, 7) is 1.79. The van der Waals surface area contributed by atoms with Gasteiger partial charge in [0.05, 0.1) is 42.9 Å². The first-order valence-electron chi connectivity index (χ1n) is 11.4. The van der Waals surface area contributed by atoms with Crippen molar-refractivity contribution < 1.29 is 14.6 Å². The van der Waals surface area contributed by atoms with Crippen LogP contribution in [-0.2, 0) is 4.74 Å². The number of ether oxygens (including phenoxy) is 2. The number of fused-ring (bicyclic) bond motifs is 3. The third-order valence-corrected chi connectivity index (χ3v) is 6.62. The van der Waals surface area contributed by atoms with Gasteiger partial charge in [-0.3, -0.25) is 0 Å². The van der Waals surface area contributed by atoms with Crippen molar-refractivity contribution >= 4 is 16.9 Å². The Bertz CT molecular complexity index is 1110. The average molecular weight is 437 g/mol. The third kappa shape index (κ3) is 3.50. The molecule has 3 unspecified atom stereocenters. The highest BCUT2D eigenvalue weighted by atomic mass is 16.5. The lowest BCUT2D eigenvalue weighted by Crippen LogP contribution is -2.46. The number of aromatic nitrogens is 4. The monoisotopic (exact) mass is 436 g/mol. The van der Waals surface area contributed by atoms with Gasteiger partial charge in [0.2, 0.25) is 0 Å². The van der Waals surface area contributed by atoms with E-state index in [-0.39, 0.29) is 13.2 Å². The summed E-state index contributed by atoms with van der Waals surface area (Å²) in [5.74, 6) is 2.27. The van der Waals surface area contributed by atoms with Crippen LogP contribution in [0.5, 0.6) is 5.75 Å². The Balaban J connectivity index is 1.43. The van der Waals surface area contributed by atoms with Crippen molar-refractivity contribution in [2.45, 2.75) is 49.9 Å². The van der Waals surface area contributed by atoms with Crippen molar-refractivity contribution in [2.75, 3.05) is 31.3 Å². The number of benzene rings is 1. The molecule has 1 saturated carbocycles. The zero-order chi connectivity index (χ0) is 21.7. The standard InChI is InChI=1S/C23H28N6O3/c24-9-18(30)13-32-19-3-1-2-14(8-19)21-26-22(28-16-6-7-17(28)12-31-11-16)20-10-25-29(15-4-5-15)23(20)27-21/h1-3,8,10,15-18,30H,4-7,9,11-13,24H2. The largest absolute Gasteiger partial charge is 0.491 e. The molecular weight excluding hydrogens is 408 g/mol. The molecule has 2 aromatic heterocycles. The lowest BCUT2D eigenvalue weighted by molar-refractivity contribution is 0.0904. The van der Waals surface area contributed by atoms with Gasteiger partial charge in [0.25, 0.3) is 0 Å². The Kier molecular flexibility index (Phi) is 4.97. The van der Waals surface area contributed by atoms with Crippen LogP contribution in [0.4, 0.5) is 5.82 Å². The van der Waals surface area contributed by atoms with Crippen LogP contribution in [0, 0.1) is 0 Å². The van der Waals surface area contributed by atoms with Gasteiger partial charge in [0, 0.05) is 12.1 Å². The Morgan fingerprint density at radius 3 is 2.66 bits per heavy atom. The van der Waals surface area contributed by atoms with Gasteiger partial charge >= 0.3 is 0 Å². The number of nitrogens with zero attached hydrogens (tertiary/aromatic N) is 5. The van der Waals surface area contributed by atoms with Crippen molar-refractivity contribution in [3.8, 4) is 17.1 Å². The summed E-state index contributed by atoms with van der Waals surface area (Å²) >= 11 is 0. The van der Waals surface area contributed by atoms with E-state index in [1.807, 2.05) is 30.5 Å². The van der Waals surface area contributed by atoms with E-state index < -0.39 is 6.10 Å². The second-order valence-corrected chi connectivity index (χ2v) is 8.99. The summed E-state index contributed by atoms with van der Waals surface area (Å²) in [5.41, 5.74) is 7.25. The number of aliphatic hydroxyl groups excluding tert-OH is 1. The maximum Gasteiger partial charge on any atom is 0.164 e. The second kappa shape index (κ2) is 7.99. The highest BCUT2D eigenvalue weighted by Gasteiger charge is 2.40. The molecule has 4 heterocycles.